The van der Waals surface area contributed by atoms with E-state index in [9.17, 15) is 33.0 Å². The van der Waals surface area contributed by atoms with Gasteiger partial charge in [-0.25, -0.2) is 0 Å². The maximum Gasteiger partial charge on any atom is 0.417 e. The smallest absolute Gasteiger partial charge is 0.417 e. The molecule has 0 saturated heterocycles. The number of aliphatic hydroxyl groups excluding tert-OH is 2. The molecule has 12 heteroatoms. The molecule has 4 atom stereocenters. The molecule has 0 spiro atoms. The van der Waals surface area contributed by atoms with Crippen molar-refractivity contribution in [2.45, 2.75) is 63.3 Å². The quantitative estimate of drug-likeness (QED) is 0.172. The van der Waals surface area contributed by atoms with E-state index in [-0.39, 0.29) is 32.3 Å². The number of nitrogens with one attached hydrogen (secondary N) is 1. The van der Waals surface area contributed by atoms with E-state index in [2.05, 4.69) is 11.9 Å². The molecule has 0 heterocycles. The minimum absolute atomic E-state index is 0.0191. The van der Waals surface area contributed by atoms with Gasteiger partial charge in [-0.15, -0.1) is 0 Å². The minimum atomic E-state index is -4.58. The lowest BCUT2D eigenvalue weighted by atomic mass is 10.0. The second-order valence-electron chi connectivity index (χ2n) is 7.81. The highest BCUT2D eigenvalue weighted by molar-refractivity contribution is 6.31. The van der Waals surface area contributed by atoms with Crippen LogP contribution in [0.1, 0.15) is 37.3 Å². The van der Waals surface area contributed by atoms with E-state index < -0.39 is 53.2 Å². The average Bonchev–Trinajstić information content (AvgIpc) is 2.73. The fourth-order valence-corrected chi connectivity index (χ4v) is 3.70. The van der Waals surface area contributed by atoms with Crippen molar-refractivity contribution in [1.82, 2.24) is 10.2 Å². The van der Waals surface area contributed by atoms with Crippen molar-refractivity contribution >= 4 is 23.5 Å². The van der Waals surface area contributed by atoms with E-state index >= 15 is 0 Å². The number of benzene rings is 1. The lowest BCUT2D eigenvalue weighted by molar-refractivity contribution is -0.143. The van der Waals surface area contributed by atoms with Gasteiger partial charge in [0.15, 0.2) is 0 Å². The molecule has 8 nitrogen and oxygen atoms in total. The lowest BCUT2D eigenvalue weighted by Gasteiger charge is -2.36. The Hall–Kier alpha value is -2.18. The summed E-state index contributed by atoms with van der Waals surface area (Å²) in [4.78, 5) is 25.0. The van der Waals surface area contributed by atoms with Crippen LogP contribution in [0.4, 0.5) is 13.2 Å². The zero-order chi connectivity index (χ0) is 26.1. The maximum atomic E-state index is 12.9. The standard InChI is InChI=1S/C22H31ClF3N3O5/c1-4-11-34-19(31)10-9-18(20(27)32)29(3)21(33)17(28-13(2)30)8-6-14-5-7-15(16(23)12-14)22(24,25)26/h4-5,7,12-13,17-18,21,28,30,33H,1,6,8-11H2,2-3H3,(H2,27,32)/t13?,17?,18-,21?/m0/s1. The Kier molecular flexibility index (Phi) is 12.0. The number of halogens is 4. The summed E-state index contributed by atoms with van der Waals surface area (Å²) >= 11 is 5.77. The number of amides is 1. The van der Waals surface area contributed by atoms with Crippen molar-refractivity contribution in [2.24, 2.45) is 5.73 Å². The summed E-state index contributed by atoms with van der Waals surface area (Å²) in [6, 6.07) is 1.53. The fraction of sp³-hybridized carbons (Fsp3) is 0.545. The van der Waals surface area contributed by atoms with Gasteiger partial charge >= 0.3 is 12.1 Å². The topological polar surface area (TPSA) is 125 Å². The monoisotopic (exact) mass is 509 g/mol. The number of nitrogens with zero attached hydrogens (tertiary/aromatic N) is 1. The molecule has 0 aliphatic heterocycles. The molecule has 34 heavy (non-hydrogen) atoms. The zero-order valence-electron chi connectivity index (χ0n) is 19.0. The second-order valence-corrected chi connectivity index (χ2v) is 8.21. The molecule has 1 rings (SSSR count). The molecule has 192 valence electrons. The third kappa shape index (κ3) is 9.59. The summed E-state index contributed by atoms with van der Waals surface area (Å²) in [7, 11) is 1.43. The van der Waals surface area contributed by atoms with Gasteiger partial charge in [-0.2, -0.15) is 13.2 Å². The molecule has 0 aliphatic carbocycles. The summed E-state index contributed by atoms with van der Waals surface area (Å²) in [5.74, 6) is -1.34. The van der Waals surface area contributed by atoms with Crippen molar-refractivity contribution in [3.63, 3.8) is 0 Å². The number of nitrogens with two attached hydrogens (primary N) is 1. The first kappa shape index (κ1) is 29.9. The van der Waals surface area contributed by atoms with E-state index in [0.29, 0.717) is 5.56 Å². The molecule has 0 aliphatic rings. The molecule has 0 bridgehead atoms. The molecule has 0 aromatic heterocycles. The Morgan fingerprint density at radius 1 is 1.32 bits per heavy atom. The van der Waals surface area contributed by atoms with Gasteiger partial charge in [0, 0.05) is 12.5 Å². The fourth-order valence-electron chi connectivity index (χ4n) is 3.39. The number of hydrogen-bond donors (Lipinski definition) is 4. The molecule has 0 fully saturated rings. The van der Waals surface area contributed by atoms with Gasteiger partial charge in [-0.05, 0) is 50.9 Å². The van der Waals surface area contributed by atoms with Crippen molar-refractivity contribution < 1.29 is 37.7 Å². The van der Waals surface area contributed by atoms with Gasteiger partial charge in [0.2, 0.25) is 5.91 Å². The van der Waals surface area contributed by atoms with Gasteiger partial charge < -0.3 is 20.7 Å². The Morgan fingerprint density at radius 2 is 1.97 bits per heavy atom. The van der Waals surface area contributed by atoms with Crippen LogP contribution in [-0.4, -0.2) is 65.2 Å². The molecule has 3 unspecified atom stereocenters. The van der Waals surface area contributed by atoms with Crippen LogP contribution in [0.25, 0.3) is 0 Å². The van der Waals surface area contributed by atoms with Crippen LogP contribution >= 0.6 is 11.6 Å². The average molecular weight is 510 g/mol. The minimum Gasteiger partial charge on any atom is -0.461 e. The van der Waals surface area contributed by atoms with Crippen LogP contribution in [0.5, 0.6) is 0 Å². The summed E-state index contributed by atoms with van der Waals surface area (Å²) in [6.07, 6.45) is -5.31. The number of alkyl halides is 3. The first-order valence-electron chi connectivity index (χ1n) is 10.5. The van der Waals surface area contributed by atoms with Gasteiger partial charge in [0.1, 0.15) is 19.1 Å². The SMILES string of the molecule is C=CCOC(=O)CC[C@@H](C(N)=O)N(C)C(O)C(CCc1ccc(C(F)(F)F)c(Cl)c1)NC(C)O. The van der Waals surface area contributed by atoms with Crippen molar-refractivity contribution in [3.8, 4) is 0 Å². The van der Waals surface area contributed by atoms with E-state index in [0.717, 1.165) is 6.07 Å². The Balaban J connectivity index is 2.92. The van der Waals surface area contributed by atoms with E-state index in [1.165, 1.54) is 37.1 Å². The number of esters is 1. The molecule has 0 saturated carbocycles. The highest BCUT2D eigenvalue weighted by Crippen LogP contribution is 2.35. The van der Waals surface area contributed by atoms with Crippen LogP contribution in [0, 0.1) is 0 Å². The highest BCUT2D eigenvalue weighted by atomic mass is 35.5. The van der Waals surface area contributed by atoms with Crippen molar-refractivity contribution in [1.29, 1.82) is 0 Å². The maximum absolute atomic E-state index is 12.9. The van der Waals surface area contributed by atoms with Crippen LogP contribution in [0.2, 0.25) is 5.02 Å². The number of primary amides is 1. The number of aryl methyl sites for hydroxylation is 1. The Labute approximate surface area is 201 Å². The van der Waals surface area contributed by atoms with Gasteiger partial charge in [0.25, 0.3) is 0 Å². The van der Waals surface area contributed by atoms with Crippen LogP contribution in [0.3, 0.4) is 0 Å². The number of carbonyl (C=O) groups is 2. The summed E-state index contributed by atoms with van der Waals surface area (Å²) in [5, 5.41) is 23.0. The van der Waals surface area contributed by atoms with Gasteiger partial charge in [-0.3, -0.25) is 19.8 Å². The van der Waals surface area contributed by atoms with E-state index in [1.807, 2.05) is 0 Å². The van der Waals surface area contributed by atoms with Crippen LogP contribution in [0.15, 0.2) is 30.9 Å². The molecule has 1 aromatic carbocycles. The first-order valence-corrected chi connectivity index (χ1v) is 10.9. The predicted octanol–water partition coefficient (Wildman–Crippen LogP) is 2.20. The Bertz CT molecular complexity index is 838. The number of carbonyl (C=O) groups excluding carboxylic acids is 2. The molecule has 0 radical (unpaired) electrons. The van der Waals surface area contributed by atoms with Crippen molar-refractivity contribution in [3.05, 3.63) is 47.0 Å². The first-order chi connectivity index (χ1) is 15.8. The second kappa shape index (κ2) is 13.6. The van der Waals surface area contributed by atoms with Crippen LogP contribution in [-0.2, 0) is 26.9 Å². The predicted molar refractivity (Wildman–Crippen MR) is 121 cm³/mol. The lowest BCUT2D eigenvalue weighted by Crippen LogP contribution is -2.56. The van der Waals surface area contributed by atoms with Gasteiger partial charge in [0.05, 0.1) is 16.6 Å². The summed E-state index contributed by atoms with van der Waals surface area (Å²) in [5.41, 5.74) is 4.99. The summed E-state index contributed by atoms with van der Waals surface area (Å²) < 4.78 is 43.6. The number of aliphatic hydroxyl groups is 2. The molecule has 1 aromatic rings. The Morgan fingerprint density at radius 3 is 2.47 bits per heavy atom. The number of likely N-dealkylation sites (N-methyl/N-ethyl adjacent to an activating group) is 1. The largest absolute Gasteiger partial charge is 0.461 e. The molecular formula is C22H31ClF3N3O5. The normalized spacial score (nSPS) is 15.4. The third-order valence-corrected chi connectivity index (χ3v) is 5.43. The van der Waals surface area contributed by atoms with Gasteiger partial charge in [-0.1, -0.05) is 30.3 Å². The summed E-state index contributed by atoms with van der Waals surface area (Å²) in [6.45, 7) is 4.88. The zero-order valence-corrected chi connectivity index (χ0v) is 19.8. The van der Waals surface area contributed by atoms with Crippen molar-refractivity contribution in [2.75, 3.05) is 13.7 Å². The van der Waals surface area contributed by atoms with E-state index in [4.69, 9.17) is 22.1 Å². The number of ether oxygens (including phenoxy) is 1. The molecular weight excluding hydrogens is 479 g/mol. The third-order valence-electron chi connectivity index (χ3n) is 5.12. The van der Waals surface area contributed by atoms with E-state index in [1.54, 1.807) is 0 Å². The van der Waals surface area contributed by atoms with Crippen LogP contribution < -0.4 is 11.1 Å². The molecule has 5 N–H and O–H groups in total. The number of rotatable bonds is 14. The number of hydrogen-bond acceptors (Lipinski definition) is 7. The highest BCUT2D eigenvalue weighted by Gasteiger charge is 2.34. The molecule has 1 amide bonds.